The minimum absolute atomic E-state index is 1.04. The van der Waals surface area contributed by atoms with Gasteiger partial charge in [-0.15, -0.1) is 0 Å². The number of rotatable bonds is 9. The van der Waals surface area contributed by atoms with Gasteiger partial charge < -0.3 is 4.90 Å². The first-order chi connectivity index (χ1) is 29.3. The molecule has 59 heavy (non-hydrogen) atoms. The summed E-state index contributed by atoms with van der Waals surface area (Å²) in [5.74, 6) is 0. The van der Waals surface area contributed by atoms with Crippen molar-refractivity contribution in [2.75, 3.05) is 4.90 Å². The second-order valence-corrected chi connectivity index (χ2v) is 15.2. The lowest BCUT2D eigenvalue weighted by molar-refractivity contribution is 1.08. The fourth-order valence-electron chi connectivity index (χ4n) is 8.65. The highest BCUT2D eigenvalue weighted by Crippen LogP contribution is 2.44. The molecular formula is C58H43N. The molecule has 9 aromatic rings. The molecule has 1 nitrogen and oxygen atoms in total. The first kappa shape index (κ1) is 35.9. The normalized spacial score (nSPS) is 12.0. The van der Waals surface area contributed by atoms with Gasteiger partial charge in [0.15, 0.2) is 0 Å². The van der Waals surface area contributed by atoms with E-state index < -0.39 is 0 Å². The van der Waals surface area contributed by atoms with Crippen molar-refractivity contribution in [2.45, 2.75) is 12.8 Å². The van der Waals surface area contributed by atoms with Crippen molar-refractivity contribution < 1.29 is 0 Å². The molecule has 1 heteroatoms. The van der Waals surface area contributed by atoms with Crippen LogP contribution in [-0.2, 0) is 0 Å². The van der Waals surface area contributed by atoms with Gasteiger partial charge in [-0.1, -0.05) is 200 Å². The quantitative estimate of drug-likeness (QED) is 0.142. The van der Waals surface area contributed by atoms with Gasteiger partial charge in [-0.2, -0.15) is 0 Å². The van der Waals surface area contributed by atoms with E-state index in [-0.39, 0.29) is 0 Å². The summed E-state index contributed by atoms with van der Waals surface area (Å²) in [7, 11) is 0. The predicted octanol–water partition coefficient (Wildman–Crippen LogP) is 14.3. The molecule has 0 aromatic heterocycles. The van der Waals surface area contributed by atoms with Crippen LogP contribution >= 0.6 is 0 Å². The largest absolute Gasteiger partial charge is 0.310 e. The van der Waals surface area contributed by atoms with Gasteiger partial charge in [0, 0.05) is 17.1 Å². The summed E-state index contributed by atoms with van der Waals surface area (Å²) < 4.78 is 0. The Morgan fingerprint density at radius 2 is 0.712 bits per heavy atom. The molecule has 0 N–H and O–H groups in total. The van der Waals surface area contributed by atoms with Crippen LogP contribution in [0.3, 0.4) is 0 Å². The highest BCUT2D eigenvalue weighted by atomic mass is 15.1. The summed E-state index contributed by atoms with van der Waals surface area (Å²) in [6.45, 7) is 0. The second kappa shape index (κ2) is 16.2. The summed E-state index contributed by atoms with van der Waals surface area (Å²) in [6.07, 6.45) is 4.46. The minimum Gasteiger partial charge on any atom is -0.310 e. The fraction of sp³-hybridized carbons (Fsp3) is 0.0345. The number of fused-ring (bicyclic) bond motifs is 1. The van der Waals surface area contributed by atoms with Crippen LogP contribution < -0.4 is 15.3 Å². The Balaban J connectivity index is 1.14. The number of hydrogen-bond acceptors (Lipinski definition) is 1. The van der Waals surface area contributed by atoms with E-state index in [4.69, 9.17) is 0 Å². The molecule has 0 unspecified atom stereocenters. The lowest BCUT2D eigenvalue weighted by Crippen LogP contribution is -2.29. The number of anilines is 3. The summed E-state index contributed by atoms with van der Waals surface area (Å²) in [4.78, 5) is 2.40. The maximum Gasteiger partial charge on any atom is 0.0468 e. The molecule has 0 aliphatic heterocycles. The Hall–Kier alpha value is -7.48. The van der Waals surface area contributed by atoms with Crippen LogP contribution in [0.25, 0.3) is 67.3 Å². The SMILES string of the molecule is C1=c2ccccc2=C(c2ccc(N(c3ccc(-c4ccccc4)cc3)c3ccc(-c4ccccc4-c4ccccc4)c(-c4ccc(-c5ccccc5)cc4)c3)cc2)CC1. The molecule has 0 amide bonds. The molecule has 1 aliphatic rings. The molecule has 0 radical (unpaired) electrons. The molecule has 0 saturated carbocycles. The van der Waals surface area contributed by atoms with Crippen molar-refractivity contribution in [3.8, 4) is 55.6 Å². The third-order valence-electron chi connectivity index (χ3n) is 11.6. The van der Waals surface area contributed by atoms with E-state index >= 15 is 0 Å². The van der Waals surface area contributed by atoms with Gasteiger partial charge in [0.1, 0.15) is 0 Å². The lowest BCUT2D eigenvalue weighted by Gasteiger charge is -2.27. The van der Waals surface area contributed by atoms with Crippen molar-refractivity contribution in [1.82, 2.24) is 0 Å². The highest BCUT2D eigenvalue weighted by Gasteiger charge is 2.19. The van der Waals surface area contributed by atoms with Crippen LogP contribution in [-0.4, -0.2) is 0 Å². The van der Waals surface area contributed by atoms with E-state index in [1.165, 1.54) is 77.2 Å². The monoisotopic (exact) mass is 753 g/mol. The van der Waals surface area contributed by atoms with Crippen molar-refractivity contribution in [3.63, 3.8) is 0 Å². The molecule has 1 aliphatic carbocycles. The topological polar surface area (TPSA) is 3.24 Å². The molecule has 0 bridgehead atoms. The molecule has 0 atom stereocenters. The molecule has 280 valence electrons. The van der Waals surface area contributed by atoms with Crippen molar-refractivity contribution >= 4 is 28.7 Å². The predicted molar refractivity (Wildman–Crippen MR) is 250 cm³/mol. The van der Waals surface area contributed by atoms with E-state index in [0.717, 1.165) is 29.9 Å². The number of benzene rings is 9. The fourth-order valence-corrected chi connectivity index (χ4v) is 8.65. The van der Waals surface area contributed by atoms with E-state index in [2.05, 4.69) is 241 Å². The molecular weight excluding hydrogens is 711 g/mol. The van der Waals surface area contributed by atoms with E-state index in [1.807, 2.05) is 0 Å². The molecule has 0 spiro atoms. The zero-order valence-electron chi connectivity index (χ0n) is 32.9. The molecule has 0 heterocycles. The Bertz CT molecular complexity index is 2990. The zero-order chi connectivity index (χ0) is 39.4. The van der Waals surface area contributed by atoms with Crippen molar-refractivity contribution in [1.29, 1.82) is 0 Å². The van der Waals surface area contributed by atoms with Gasteiger partial charge in [-0.3, -0.25) is 0 Å². The molecule has 9 aromatic carbocycles. The maximum atomic E-state index is 2.40. The summed E-state index contributed by atoms with van der Waals surface area (Å²) in [6, 6.07) is 83.8. The van der Waals surface area contributed by atoms with E-state index in [1.54, 1.807) is 0 Å². The van der Waals surface area contributed by atoms with Crippen LogP contribution in [0.2, 0.25) is 0 Å². The smallest absolute Gasteiger partial charge is 0.0468 e. The van der Waals surface area contributed by atoms with Gasteiger partial charge >= 0.3 is 0 Å². The Morgan fingerprint density at radius 3 is 1.34 bits per heavy atom. The third kappa shape index (κ3) is 7.31. The maximum absolute atomic E-state index is 2.40. The van der Waals surface area contributed by atoms with Gasteiger partial charge in [0.05, 0.1) is 0 Å². The van der Waals surface area contributed by atoms with E-state index in [9.17, 15) is 0 Å². The number of nitrogens with zero attached hydrogens (tertiary/aromatic N) is 1. The van der Waals surface area contributed by atoms with Crippen LogP contribution in [0.1, 0.15) is 18.4 Å². The molecule has 0 fully saturated rings. The summed E-state index contributed by atoms with van der Waals surface area (Å²) in [5, 5.41) is 2.67. The van der Waals surface area contributed by atoms with Crippen LogP contribution in [0, 0.1) is 0 Å². The number of hydrogen-bond donors (Lipinski definition) is 0. The van der Waals surface area contributed by atoms with Gasteiger partial charge in [0.2, 0.25) is 0 Å². The molecule has 10 rings (SSSR count). The average Bonchev–Trinajstić information content (AvgIpc) is 3.33. The highest BCUT2D eigenvalue weighted by molar-refractivity contribution is 5.94. The average molecular weight is 754 g/mol. The first-order valence-corrected chi connectivity index (χ1v) is 20.6. The van der Waals surface area contributed by atoms with E-state index in [0.29, 0.717) is 0 Å². The molecule has 0 saturated heterocycles. The summed E-state index contributed by atoms with van der Waals surface area (Å²) in [5.41, 5.74) is 18.0. The second-order valence-electron chi connectivity index (χ2n) is 15.2. The minimum atomic E-state index is 1.04. The Labute approximate surface area is 347 Å². The zero-order valence-corrected chi connectivity index (χ0v) is 32.9. The van der Waals surface area contributed by atoms with Gasteiger partial charge in [0.25, 0.3) is 0 Å². The van der Waals surface area contributed by atoms with Crippen LogP contribution in [0.4, 0.5) is 17.1 Å². The standard InChI is InChI=1S/C58H43N/c1-4-15-42(16-5-1)44-27-29-49(30-28-44)58-41-52(39-40-57(58)56-25-13-12-24-55(56)46-19-8-3-9-20-46)59(50-35-31-45(32-36-50)43-17-6-2-7-18-43)51-37-33-48(34-38-51)54-26-14-22-47-21-10-11-23-53(47)54/h1-13,15-25,27-41H,14,26H2. The van der Waals surface area contributed by atoms with Crippen LogP contribution in [0.5, 0.6) is 0 Å². The summed E-state index contributed by atoms with van der Waals surface area (Å²) >= 11 is 0. The van der Waals surface area contributed by atoms with Gasteiger partial charge in [-0.25, -0.2) is 0 Å². The Kier molecular flexibility index (Phi) is 9.84. The Morgan fingerprint density at radius 1 is 0.288 bits per heavy atom. The van der Waals surface area contributed by atoms with Crippen molar-refractivity contribution in [3.05, 3.63) is 247 Å². The van der Waals surface area contributed by atoms with Gasteiger partial charge in [-0.05, 0) is 126 Å². The van der Waals surface area contributed by atoms with Crippen LogP contribution in [0.15, 0.2) is 231 Å². The first-order valence-electron chi connectivity index (χ1n) is 20.6. The third-order valence-corrected chi connectivity index (χ3v) is 11.6. The lowest BCUT2D eigenvalue weighted by atomic mass is 9.88. The van der Waals surface area contributed by atoms with Crippen molar-refractivity contribution in [2.24, 2.45) is 0 Å².